The van der Waals surface area contributed by atoms with E-state index in [0.29, 0.717) is 5.52 Å². The molecular formula is C26H29FN4O2. The van der Waals surface area contributed by atoms with E-state index in [1.165, 1.54) is 26.9 Å². The van der Waals surface area contributed by atoms with Crippen molar-refractivity contribution in [2.75, 3.05) is 43.5 Å². The lowest BCUT2D eigenvalue weighted by atomic mass is 9.80. The quantitative estimate of drug-likeness (QED) is 0.611. The number of amides is 1. The molecular weight excluding hydrogens is 419 g/mol. The van der Waals surface area contributed by atoms with Crippen molar-refractivity contribution >= 4 is 28.2 Å². The summed E-state index contributed by atoms with van der Waals surface area (Å²) in [5, 5.41) is 7.15. The molecule has 0 saturated carbocycles. The fraction of sp³-hybridized carbons (Fsp3) is 0.385. The number of anilines is 2. The third-order valence-electron chi connectivity index (χ3n) is 6.90. The minimum absolute atomic E-state index is 0.108. The minimum atomic E-state index is -0.381. The van der Waals surface area contributed by atoms with Gasteiger partial charge in [-0.3, -0.25) is 4.79 Å². The van der Waals surface area contributed by atoms with Gasteiger partial charge in [-0.25, -0.2) is 9.37 Å². The predicted octanol–water partition coefficient (Wildman–Crippen LogP) is 4.59. The Balaban J connectivity index is 1.58. The van der Waals surface area contributed by atoms with Gasteiger partial charge < -0.3 is 20.3 Å². The first kappa shape index (κ1) is 21.6. The fourth-order valence-electron chi connectivity index (χ4n) is 5.22. The van der Waals surface area contributed by atoms with Gasteiger partial charge in [-0.1, -0.05) is 12.1 Å². The monoisotopic (exact) mass is 448 g/mol. The highest BCUT2D eigenvalue weighted by Crippen LogP contribution is 2.42. The first-order valence-electron chi connectivity index (χ1n) is 11.5. The summed E-state index contributed by atoms with van der Waals surface area (Å²) in [5.41, 5.74) is 4.47. The lowest BCUT2D eigenvalue weighted by Gasteiger charge is -2.34. The van der Waals surface area contributed by atoms with Crippen molar-refractivity contribution in [1.82, 2.24) is 10.3 Å². The molecule has 0 radical (unpaired) electrons. The molecule has 7 heteroatoms. The molecule has 5 rings (SSSR count). The first-order valence-corrected chi connectivity index (χ1v) is 11.5. The first-order chi connectivity index (χ1) is 16.0. The van der Waals surface area contributed by atoms with Gasteiger partial charge in [0.2, 0.25) is 5.91 Å². The average molecular weight is 449 g/mol. The van der Waals surface area contributed by atoms with E-state index in [-0.39, 0.29) is 22.9 Å². The molecule has 2 N–H and O–H groups in total. The van der Waals surface area contributed by atoms with Crippen LogP contribution in [0.25, 0.3) is 22.2 Å². The Bertz CT molecular complexity index is 1190. The maximum Gasteiger partial charge on any atom is 0.221 e. The van der Waals surface area contributed by atoms with Gasteiger partial charge in [-0.15, -0.1) is 0 Å². The molecule has 2 aliphatic heterocycles. The second-order valence-electron chi connectivity index (χ2n) is 9.24. The molecule has 0 bridgehead atoms. The van der Waals surface area contributed by atoms with E-state index >= 15 is 0 Å². The van der Waals surface area contributed by atoms with Crippen LogP contribution in [0.4, 0.5) is 15.8 Å². The van der Waals surface area contributed by atoms with Crippen LogP contribution in [-0.2, 0) is 4.79 Å². The van der Waals surface area contributed by atoms with Gasteiger partial charge in [0, 0.05) is 60.4 Å². The van der Waals surface area contributed by atoms with Gasteiger partial charge in [0.05, 0.1) is 18.3 Å². The Labute approximate surface area is 193 Å². The lowest BCUT2D eigenvalue weighted by molar-refractivity contribution is -0.114. The predicted molar refractivity (Wildman–Crippen MR) is 129 cm³/mol. The van der Waals surface area contributed by atoms with Crippen LogP contribution in [0.2, 0.25) is 0 Å². The smallest absolute Gasteiger partial charge is 0.221 e. The van der Waals surface area contributed by atoms with Gasteiger partial charge in [0.25, 0.3) is 0 Å². The number of piperidine rings is 1. The number of benzene rings is 2. The molecule has 0 aliphatic carbocycles. The van der Waals surface area contributed by atoms with Crippen LogP contribution in [0, 0.1) is 11.2 Å². The molecule has 1 amide bonds. The van der Waals surface area contributed by atoms with Gasteiger partial charge >= 0.3 is 0 Å². The molecule has 3 aromatic rings. The van der Waals surface area contributed by atoms with Crippen LogP contribution < -0.4 is 20.3 Å². The van der Waals surface area contributed by atoms with Crippen LogP contribution in [0.1, 0.15) is 26.2 Å². The van der Waals surface area contributed by atoms with Crippen molar-refractivity contribution in [2.24, 2.45) is 5.41 Å². The maximum absolute atomic E-state index is 14.7. The van der Waals surface area contributed by atoms with Crippen molar-refractivity contribution in [2.45, 2.75) is 26.2 Å². The second-order valence-corrected chi connectivity index (χ2v) is 9.24. The number of rotatable bonds is 4. The minimum Gasteiger partial charge on any atom is -0.494 e. The normalized spacial score (nSPS) is 20.4. The second kappa shape index (κ2) is 8.63. The topological polar surface area (TPSA) is 66.5 Å². The van der Waals surface area contributed by atoms with E-state index in [1.54, 1.807) is 12.1 Å². The number of ether oxygens (including phenoxy) is 1. The Kier molecular flexibility index (Phi) is 5.66. The van der Waals surface area contributed by atoms with E-state index in [0.717, 1.165) is 60.6 Å². The summed E-state index contributed by atoms with van der Waals surface area (Å²) in [6.07, 6.45) is 3.55. The van der Waals surface area contributed by atoms with Crippen molar-refractivity contribution < 1.29 is 13.9 Å². The summed E-state index contributed by atoms with van der Waals surface area (Å²) in [5.74, 6) is -0.301. The summed E-state index contributed by atoms with van der Waals surface area (Å²) in [6.45, 7) is 5.50. The number of hydrogen-bond acceptors (Lipinski definition) is 5. The van der Waals surface area contributed by atoms with Gasteiger partial charge in [-0.2, -0.15) is 0 Å². The van der Waals surface area contributed by atoms with Crippen LogP contribution in [-0.4, -0.2) is 44.2 Å². The third-order valence-corrected chi connectivity index (χ3v) is 6.90. The van der Waals surface area contributed by atoms with Crippen molar-refractivity contribution in [3.8, 4) is 17.0 Å². The van der Waals surface area contributed by atoms with Crippen LogP contribution in [0.5, 0.6) is 5.75 Å². The average Bonchev–Trinajstić information content (AvgIpc) is 3.21. The molecule has 3 heterocycles. The molecule has 1 atom stereocenters. The zero-order chi connectivity index (χ0) is 23.0. The van der Waals surface area contributed by atoms with Gasteiger partial charge in [0.1, 0.15) is 0 Å². The Hall–Kier alpha value is -3.19. The molecule has 33 heavy (non-hydrogen) atoms. The van der Waals surface area contributed by atoms with Gasteiger partial charge in [0.15, 0.2) is 11.6 Å². The highest BCUT2D eigenvalue weighted by molar-refractivity contribution is 5.95. The van der Waals surface area contributed by atoms with E-state index in [4.69, 9.17) is 9.72 Å². The van der Waals surface area contributed by atoms with Crippen molar-refractivity contribution in [3.05, 3.63) is 48.3 Å². The van der Waals surface area contributed by atoms with E-state index < -0.39 is 0 Å². The Morgan fingerprint density at radius 1 is 1.21 bits per heavy atom. The number of carbonyl (C=O) groups is 1. The van der Waals surface area contributed by atoms with Gasteiger partial charge in [-0.05, 0) is 50.1 Å². The Morgan fingerprint density at radius 3 is 2.73 bits per heavy atom. The molecule has 2 aromatic carbocycles. The molecule has 6 nitrogen and oxygen atoms in total. The number of nitrogens with one attached hydrogen (secondary N) is 2. The van der Waals surface area contributed by atoms with Crippen LogP contribution >= 0.6 is 0 Å². The zero-order valence-corrected chi connectivity index (χ0v) is 19.1. The fourth-order valence-corrected chi connectivity index (χ4v) is 5.22. The lowest BCUT2D eigenvalue weighted by Crippen LogP contribution is -2.41. The molecule has 1 unspecified atom stereocenters. The highest BCUT2D eigenvalue weighted by atomic mass is 19.1. The van der Waals surface area contributed by atoms with Crippen molar-refractivity contribution in [3.63, 3.8) is 0 Å². The highest BCUT2D eigenvalue weighted by Gasteiger charge is 2.39. The number of pyridine rings is 1. The maximum atomic E-state index is 14.7. The summed E-state index contributed by atoms with van der Waals surface area (Å²) < 4.78 is 19.9. The summed E-state index contributed by atoms with van der Waals surface area (Å²) in [6, 6.07) is 12.9. The standard InChI is InChI=1S/C26H29FN4O2/c1-17(32)29-19-6-4-18(5-7-19)22-13-24(20-12-21(27)25(33-2)14-23(20)30-22)31-11-9-26(16-31)8-3-10-28-15-26/h4-7,12-14,28H,3,8-11,15-16H2,1-2H3,(H,29,32). The number of nitrogens with zero attached hydrogens (tertiary/aromatic N) is 2. The largest absolute Gasteiger partial charge is 0.494 e. The number of methoxy groups -OCH3 is 1. The molecule has 2 saturated heterocycles. The molecule has 2 aliphatic rings. The SMILES string of the molecule is COc1cc2nc(-c3ccc(NC(C)=O)cc3)cc(N3CCC4(CCCNC4)C3)c2cc1F. The van der Waals surface area contributed by atoms with Crippen LogP contribution in [0.15, 0.2) is 42.5 Å². The van der Waals surface area contributed by atoms with E-state index in [9.17, 15) is 9.18 Å². The molecule has 172 valence electrons. The number of halogens is 1. The van der Waals surface area contributed by atoms with Crippen LogP contribution in [0.3, 0.4) is 0 Å². The van der Waals surface area contributed by atoms with E-state index in [1.807, 2.05) is 24.3 Å². The summed E-state index contributed by atoms with van der Waals surface area (Å²) >= 11 is 0. The zero-order valence-electron chi connectivity index (χ0n) is 19.1. The third kappa shape index (κ3) is 4.25. The Morgan fingerprint density at radius 2 is 2.03 bits per heavy atom. The van der Waals surface area contributed by atoms with E-state index in [2.05, 4.69) is 21.6 Å². The number of carbonyl (C=O) groups excluding carboxylic acids is 1. The molecule has 2 fully saturated rings. The summed E-state index contributed by atoms with van der Waals surface area (Å²) in [7, 11) is 1.47. The number of fused-ring (bicyclic) bond motifs is 1. The number of hydrogen-bond donors (Lipinski definition) is 2. The van der Waals surface area contributed by atoms with Crippen molar-refractivity contribution in [1.29, 1.82) is 0 Å². The summed E-state index contributed by atoms with van der Waals surface area (Å²) in [4.78, 5) is 18.6. The molecule has 1 spiro atoms. The number of aromatic nitrogens is 1. The molecule has 1 aromatic heterocycles.